The second-order valence-electron chi connectivity index (χ2n) is 5.53. The van der Waals surface area contributed by atoms with Crippen LogP contribution < -0.4 is 10.6 Å². The Morgan fingerprint density at radius 1 is 1.00 bits per heavy atom. The fraction of sp³-hybridized carbons (Fsp3) is 0.111. The first kappa shape index (κ1) is 17.5. The maximum atomic E-state index is 13.0. The lowest BCUT2D eigenvalue weighted by Crippen LogP contribution is -2.21. The third kappa shape index (κ3) is 4.41. The lowest BCUT2D eigenvalue weighted by atomic mass is 10.1. The molecule has 3 aromatic rings. The third-order valence-corrected chi connectivity index (χ3v) is 3.56. The van der Waals surface area contributed by atoms with Crippen molar-refractivity contribution in [1.29, 1.82) is 0 Å². The molecule has 2 N–H and O–H groups in total. The molecule has 0 unspecified atom stereocenters. The van der Waals surface area contributed by atoms with Gasteiger partial charge >= 0.3 is 12.2 Å². The minimum absolute atomic E-state index is 0.311. The molecule has 0 aliphatic heterocycles. The first-order valence-electron chi connectivity index (χ1n) is 7.72. The number of hydrogen-bond acceptors (Lipinski definition) is 2. The molecular weight excluding hydrogens is 345 g/mol. The molecule has 0 fully saturated rings. The number of nitrogens with one attached hydrogen (secondary N) is 2. The fourth-order valence-corrected chi connectivity index (χ4v) is 2.41. The Morgan fingerprint density at radius 3 is 2.42 bits per heavy atom. The molecule has 0 radical (unpaired) electrons. The smallest absolute Gasteiger partial charge is 0.307 e. The highest BCUT2D eigenvalue weighted by Crippen LogP contribution is 2.34. The van der Waals surface area contributed by atoms with Crippen molar-refractivity contribution in [2.45, 2.75) is 12.7 Å². The summed E-state index contributed by atoms with van der Waals surface area (Å²) >= 11 is 0. The van der Waals surface area contributed by atoms with Crippen LogP contribution in [0.1, 0.15) is 11.1 Å². The van der Waals surface area contributed by atoms with E-state index in [2.05, 4.69) is 15.7 Å². The molecule has 0 bridgehead atoms. The van der Waals surface area contributed by atoms with Gasteiger partial charge in [0.25, 0.3) is 0 Å². The molecule has 3 rings (SSSR count). The standard InChI is InChI=1S/C18H15F3N4O/c19-18(20,21)15-8-4-5-9-16(15)24-17(26)23-14-10-22-25(12-14)11-13-6-2-1-3-7-13/h1-10,12H,11H2,(H2,23,24,26). The zero-order valence-corrected chi connectivity index (χ0v) is 13.5. The maximum Gasteiger partial charge on any atom is 0.418 e. The van der Waals surface area contributed by atoms with Crippen LogP contribution in [0.5, 0.6) is 0 Å². The molecule has 5 nitrogen and oxygen atoms in total. The highest BCUT2D eigenvalue weighted by Gasteiger charge is 2.33. The first-order valence-corrected chi connectivity index (χ1v) is 7.72. The monoisotopic (exact) mass is 360 g/mol. The van der Waals surface area contributed by atoms with Gasteiger partial charge in [0.15, 0.2) is 0 Å². The number of benzene rings is 2. The van der Waals surface area contributed by atoms with E-state index in [4.69, 9.17) is 0 Å². The van der Waals surface area contributed by atoms with Crippen LogP contribution in [-0.2, 0) is 12.7 Å². The molecule has 2 aromatic carbocycles. The van der Waals surface area contributed by atoms with Crippen LogP contribution in [0.15, 0.2) is 67.0 Å². The van der Waals surface area contributed by atoms with Gasteiger partial charge in [0.05, 0.1) is 29.7 Å². The van der Waals surface area contributed by atoms with Crippen molar-refractivity contribution >= 4 is 17.4 Å². The van der Waals surface area contributed by atoms with Gasteiger partial charge in [-0.05, 0) is 17.7 Å². The quantitative estimate of drug-likeness (QED) is 0.715. The first-order chi connectivity index (χ1) is 12.4. The predicted octanol–water partition coefficient (Wildman–Crippen LogP) is 4.59. The number of halogens is 3. The molecule has 0 aliphatic carbocycles. The van der Waals surface area contributed by atoms with Crippen LogP contribution in [0.2, 0.25) is 0 Å². The summed E-state index contributed by atoms with van der Waals surface area (Å²) in [6, 6.07) is 13.6. The highest BCUT2D eigenvalue weighted by atomic mass is 19.4. The molecule has 0 atom stereocenters. The summed E-state index contributed by atoms with van der Waals surface area (Å²) in [5, 5.41) is 8.81. The van der Waals surface area contributed by atoms with Crippen LogP contribution >= 0.6 is 0 Å². The van der Waals surface area contributed by atoms with Crippen molar-refractivity contribution < 1.29 is 18.0 Å². The van der Waals surface area contributed by atoms with Crippen molar-refractivity contribution in [3.63, 3.8) is 0 Å². The van der Waals surface area contributed by atoms with Crippen LogP contribution in [0, 0.1) is 0 Å². The van der Waals surface area contributed by atoms with Gasteiger partial charge in [-0.2, -0.15) is 18.3 Å². The van der Waals surface area contributed by atoms with E-state index in [0.717, 1.165) is 11.6 Å². The summed E-state index contributed by atoms with van der Waals surface area (Å²) < 4.78 is 40.5. The van der Waals surface area contributed by atoms with Gasteiger partial charge < -0.3 is 10.6 Å². The second-order valence-corrected chi connectivity index (χ2v) is 5.53. The third-order valence-electron chi connectivity index (χ3n) is 3.56. The van der Waals surface area contributed by atoms with E-state index >= 15 is 0 Å². The zero-order chi connectivity index (χ0) is 18.6. The molecule has 0 saturated carbocycles. The SMILES string of the molecule is O=C(Nc1cnn(Cc2ccccc2)c1)Nc1ccccc1C(F)(F)F. The summed E-state index contributed by atoms with van der Waals surface area (Å²) in [5.41, 5.74) is 0.192. The number of para-hydroxylation sites is 1. The average Bonchev–Trinajstić information content (AvgIpc) is 3.02. The summed E-state index contributed by atoms with van der Waals surface area (Å²) in [5.74, 6) is 0. The minimum atomic E-state index is -4.55. The summed E-state index contributed by atoms with van der Waals surface area (Å²) in [4.78, 5) is 12.0. The van der Waals surface area contributed by atoms with Crippen molar-refractivity contribution in [3.8, 4) is 0 Å². The minimum Gasteiger partial charge on any atom is -0.307 e. The van der Waals surface area contributed by atoms with Gasteiger partial charge in [0.1, 0.15) is 0 Å². The second kappa shape index (κ2) is 7.30. The summed E-state index contributed by atoms with van der Waals surface area (Å²) in [7, 11) is 0. The molecule has 26 heavy (non-hydrogen) atoms. The van der Waals surface area contributed by atoms with Crippen LogP contribution in [0.3, 0.4) is 0 Å². The van der Waals surface area contributed by atoms with Gasteiger partial charge in [-0.3, -0.25) is 4.68 Å². The van der Waals surface area contributed by atoms with Crippen molar-refractivity contribution in [2.75, 3.05) is 10.6 Å². The van der Waals surface area contributed by atoms with E-state index in [1.807, 2.05) is 30.3 Å². The van der Waals surface area contributed by atoms with E-state index < -0.39 is 17.8 Å². The maximum absolute atomic E-state index is 13.0. The fourth-order valence-electron chi connectivity index (χ4n) is 2.41. The highest BCUT2D eigenvalue weighted by molar-refractivity contribution is 6.00. The topological polar surface area (TPSA) is 59.0 Å². The van der Waals surface area contributed by atoms with E-state index in [1.54, 1.807) is 10.9 Å². The van der Waals surface area contributed by atoms with Gasteiger partial charge in [-0.25, -0.2) is 4.79 Å². The van der Waals surface area contributed by atoms with E-state index in [9.17, 15) is 18.0 Å². The van der Waals surface area contributed by atoms with Gasteiger partial charge in [0, 0.05) is 6.20 Å². The number of nitrogens with zero attached hydrogens (tertiary/aromatic N) is 2. The van der Waals surface area contributed by atoms with E-state index in [0.29, 0.717) is 12.2 Å². The van der Waals surface area contributed by atoms with Crippen molar-refractivity contribution in [2.24, 2.45) is 0 Å². The van der Waals surface area contributed by atoms with E-state index in [1.165, 1.54) is 24.4 Å². The Kier molecular flexibility index (Phi) is 4.92. The van der Waals surface area contributed by atoms with Crippen LogP contribution in [0.25, 0.3) is 0 Å². The van der Waals surface area contributed by atoms with E-state index in [-0.39, 0.29) is 5.69 Å². The molecule has 8 heteroatoms. The lowest BCUT2D eigenvalue weighted by molar-refractivity contribution is -0.136. The normalized spacial score (nSPS) is 11.2. The largest absolute Gasteiger partial charge is 0.418 e. The number of alkyl halides is 3. The van der Waals surface area contributed by atoms with Gasteiger partial charge in [0.2, 0.25) is 0 Å². The van der Waals surface area contributed by atoms with Crippen molar-refractivity contribution in [3.05, 3.63) is 78.1 Å². The number of rotatable bonds is 4. The van der Waals surface area contributed by atoms with Gasteiger partial charge in [-0.15, -0.1) is 0 Å². The number of urea groups is 1. The molecular formula is C18H15F3N4O. The average molecular weight is 360 g/mol. The summed E-state index contributed by atoms with van der Waals surface area (Å²) in [6.07, 6.45) is -1.52. The Bertz CT molecular complexity index is 891. The molecule has 0 aliphatic rings. The lowest BCUT2D eigenvalue weighted by Gasteiger charge is -2.13. The van der Waals surface area contributed by atoms with Crippen molar-refractivity contribution in [1.82, 2.24) is 9.78 Å². The van der Waals surface area contributed by atoms with Crippen LogP contribution in [-0.4, -0.2) is 15.8 Å². The molecule has 0 spiro atoms. The van der Waals surface area contributed by atoms with Gasteiger partial charge in [-0.1, -0.05) is 42.5 Å². The Balaban J connectivity index is 1.65. The number of aromatic nitrogens is 2. The number of carbonyl (C=O) groups excluding carboxylic acids is 1. The Hall–Kier alpha value is -3.29. The zero-order valence-electron chi connectivity index (χ0n) is 13.5. The molecule has 1 heterocycles. The number of carbonyl (C=O) groups is 1. The number of hydrogen-bond donors (Lipinski definition) is 2. The van der Waals surface area contributed by atoms with Crippen LogP contribution in [0.4, 0.5) is 29.3 Å². The Morgan fingerprint density at radius 2 is 1.69 bits per heavy atom. The predicted molar refractivity (Wildman–Crippen MR) is 91.9 cm³/mol. The number of amides is 2. The molecule has 1 aromatic heterocycles. The Labute approximate surface area is 147 Å². The molecule has 0 saturated heterocycles. The number of anilines is 2. The molecule has 134 valence electrons. The summed E-state index contributed by atoms with van der Waals surface area (Å²) in [6.45, 7) is 0.515. The molecule has 2 amide bonds.